The predicted molar refractivity (Wildman–Crippen MR) is 126 cm³/mol. The van der Waals surface area contributed by atoms with E-state index in [4.69, 9.17) is 4.52 Å². The van der Waals surface area contributed by atoms with Gasteiger partial charge in [0.05, 0.1) is 15.5 Å². The minimum absolute atomic E-state index is 0.0181. The van der Waals surface area contributed by atoms with E-state index >= 15 is 0 Å². The molecule has 1 saturated heterocycles. The Labute approximate surface area is 198 Å². The first-order chi connectivity index (χ1) is 16.1. The van der Waals surface area contributed by atoms with E-state index in [1.165, 1.54) is 52.8 Å². The number of anilines is 2. The molecule has 3 aromatic rings. The van der Waals surface area contributed by atoms with Gasteiger partial charge in [0, 0.05) is 29.9 Å². The zero-order valence-corrected chi connectivity index (χ0v) is 20.2. The zero-order valence-electron chi connectivity index (χ0n) is 18.6. The SMILES string of the molecule is Cc1noc(NS(=O)(=O)c2ccc(NC(=O)c3ccc(S(=O)(=O)N4CCCC4)cc3)cc2)c1C. The first kappa shape index (κ1) is 23.9. The molecule has 0 atom stereocenters. The monoisotopic (exact) mass is 504 g/mol. The summed E-state index contributed by atoms with van der Waals surface area (Å²) in [5.74, 6) is -0.406. The molecule has 0 aliphatic carbocycles. The van der Waals surface area contributed by atoms with Gasteiger partial charge in [0.2, 0.25) is 15.9 Å². The molecule has 4 rings (SSSR count). The number of rotatable bonds is 7. The van der Waals surface area contributed by atoms with Crippen LogP contribution in [0.3, 0.4) is 0 Å². The highest BCUT2D eigenvalue weighted by molar-refractivity contribution is 7.92. The van der Waals surface area contributed by atoms with E-state index in [0.29, 0.717) is 30.0 Å². The van der Waals surface area contributed by atoms with Gasteiger partial charge in [-0.3, -0.25) is 4.79 Å². The lowest BCUT2D eigenvalue weighted by Crippen LogP contribution is -2.27. The Balaban J connectivity index is 1.43. The largest absolute Gasteiger partial charge is 0.337 e. The molecular formula is C22H24N4O6S2. The Morgan fingerprint density at radius 3 is 2.06 bits per heavy atom. The summed E-state index contributed by atoms with van der Waals surface area (Å²) in [4.78, 5) is 12.7. The summed E-state index contributed by atoms with van der Waals surface area (Å²) < 4.78 is 59.2. The van der Waals surface area contributed by atoms with Crippen LogP contribution in [-0.2, 0) is 20.0 Å². The van der Waals surface area contributed by atoms with Crippen LogP contribution in [0.25, 0.3) is 0 Å². The quantitative estimate of drug-likeness (QED) is 0.504. The maximum atomic E-state index is 12.6. The lowest BCUT2D eigenvalue weighted by Gasteiger charge is -2.15. The molecule has 2 aromatic carbocycles. The topological polar surface area (TPSA) is 139 Å². The second kappa shape index (κ2) is 9.20. The molecular weight excluding hydrogens is 480 g/mol. The number of carbonyl (C=O) groups excluding carboxylic acids is 1. The molecule has 180 valence electrons. The van der Waals surface area contributed by atoms with Gasteiger partial charge in [0.25, 0.3) is 15.9 Å². The van der Waals surface area contributed by atoms with Gasteiger partial charge in [-0.1, -0.05) is 5.16 Å². The summed E-state index contributed by atoms with van der Waals surface area (Å²) in [6.07, 6.45) is 1.69. The van der Waals surface area contributed by atoms with E-state index in [0.717, 1.165) is 12.8 Å². The number of aromatic nitrogens is 1. The highest BCUT2D eigenvalue weighted by Crippen LogP contribution is 2.24. The van der Waals surface area contributed by atoms with Crippen molar-refractivity contribution in [1.29, 1.82) is 0 Å². The van der Waals surface area contributed by atoms with E-state index in [9.17, 15) is 21.6 Å². The molecule has 1 aliphatic rings. The molecule has 34 heavy (non-hydrogen) atoms. The Bertz CT molecular complexity index is 1410. The smallest absolute Gasteiger partial charge is 0.264 e. The Morgan fingerprint density at radius 2 is 1.50 bits per heavy atom. The van der Waals surface area contributed by atoms with Crippen LogP contribution in [0.15, 0.2) is 62.8 Å². The van der Waals surface area contributed by atoms with Gasteiger partial charge in [-0.05, 0) is 75.2 Å². The third kappa shape index (κ3) is 4.83. The molecule has 0 bridgehead atoms. The zero-order chi connectivity index (χ0) is 24.5. The molecule has 0 unspecified atom stereocenters. The van der Waals surface area contributed by atoms with Crippen molar-refractivity contribution in [3.8, 4) is 0 Å². The summed E-state index contributed by atoms with van der Waals surface area (Å²) in [7, 11) is -7.46. The number of nitrogens with zero attached hydrogens (tertiary/aromatic N) is 2. The van der Waals surface area contributed by atoms with Crippen molar-refractivity contribution in [3.05, 3.63) is 65.4 Å². The van der Waals surface area contributed by atoms with Crippen molar-refractivity contribution in [2.24, 2.45) is 0 Å². The molecule has 2 N–H and O–H groups in total. The normalized spacial score (nSPS) is 14.8. The molecule has 10 nitrogen and oxygen atoms in total. The minimum Gasteiger partial charge on any atom is -0.337 e. The highest BCUT2D eigenvalue weighted by Gasteiger charge is 2.27. The number of benzene rings is 2. The molecule has 1 amide bonds. The summed E-state index contributed by atoms with van der Waals surface area (Å²) in [6.45, 7) is 4.40. The average molecular weight is 505 g/mol. The van der Waals surface area contributed by atoms with Crippen LogP contribution >= 0.6 is 0 Å². The van der Waals surface area contributed by atoms with Crippen LogP contribution in [0.4, 0.5) is 11.6 Å². The second-order valence-electron chi connectivity index (χ2n) is 7.94. The van der Waals surface area contributed by atoms with Gasteiger partial charge in [0.1, 0.15) is 0 Å². The average Bonchev–Trinajstić information content (AvgIpc) is 3.46. The van der Waals surface area contributed by atoms with Gasteiger partial charge in [-0.2, -0.15) is 4.31 Å². The summed E-state index contributed by atoms with van der Waals surface area (Å²) in [5.41, 5.74) is 1.82. The fourth-order valence-corrected chi connectivity index (χ4v) is 6.03. The fraction of sp³-hybridized carbons (Fsp3) is 0.273. The third-order valence-corrected chi connectivity index (χ3v) is 8.89. The second-order valence-corrected chi connectivity index (χ2v) is 11.6. The fourth-order valence-electron chi connectivity index (χ4n) is 3.47. The third-order valence-electron chi connectivity index (χ3n) is 5.63. The maximum absolute atomic E-state index is 12.6. The van der Waals surface area contributed by atoms with Crippen LogP contribution in [0.5, 0.6) is 0 Å². The van der Waals surface area contributed by atoms with E-state index in [1.54, 1.807) is 13.8 Å². The first-order valence-corrected chi connectivity index (χ1v) is 13.5. The summed E-state index contributed by atoms with van der Waals surface area (Å²) in [5, 5.41) is 6.39. The Kier molecular flexibility index (Phi) is 6.47. The minimum atomic E-state index is -3.90. The van der Waals surface area contributed by atoms with Gasteiger partial charge >= 0.3 is 0 Å². The number of sulfonamides is 2. The molecule has 0 saturated carbocycles. The molecule has 12 heteroatoms. The van der Waals surface area contributed by atoms with Crippen LogP contribution in [-0.4, -0.2) is 45.3 Å². The molecule has 1 aliphatic heterocycles. The van der Waals surface area contributed by atoms with E-state index in [-0.39, 0.29) is 21.2 Å². The lowest BCUT2D eigenvalue weighted by molar-refractivity contribution is 0.102. The van der Waals surface area contributed by atoms with Crippen molar-refractivity contribution in [3.63, 3.8) is 0 Å². The standard InChI is InChI=1S/C22H24N4O6S2/c1-15-16(2)24-32-22(15)25-33(28,29)19-11-7-18(8-12-19)23-21(27)17-5-9-20(10-6-17)34(30,31)26-13-3-4-14-26/h5-12,25H,3-4,13-14H2,1-2H3,(H,23,27). The van der Waals surface area contributed by atoms with Crippen molar-refractivity contribution >= 4 is 37.5 Å². The van der Waals surface area contributed by atoms with Crippen LogP contribution < -0.4 is 10.0 Å². The lowest BCUT2D eigenvalue weighted by atomic mass is 10.2. The number of hydrogen-bond donors (Lipinski definition) is 2. The van der Waals surface area contributed by atoms with Crippen molar-refractivity contribution in [2.45, 2.75) is 36.5 Å². The predicted octanol–water partition coefficient (Wildman–Crippen LogP) is 3.13. The number of hydrogen-bond acceptors (Lipinski definition) is 7. The highest BCUT2D eigenvalue weighted by atomic mass is 32.2. The number of aryl methyl sites for hydroxylation is 1. The molecule has 1 fully saturated rings. The first-order valence-electron chi connectivity index (χ1n) is 10.6. The number of carbonyl (C=O) groups is 1. The van der Waals surface area contributed by atoms with Crippen molar-refractivity contribution < 1.29 is 26.2 Å². The van der Waals surface area contributed by atoms with Crippen molar-refractivity contribution in [1.82, 2.24) is 9.46 Å². The van der Waals surface area contributed by atoms with Gasteiger partial charge in [-0.25, -0.2) is 21.6 Å². The number of nitrogens with one attached hydrogen (secondary N) is 2. The molecule has 1 aromatic heterocycles. The summed E-state index contributed by atoms with van der Waals surface area (Å²) in [6, 6.07) is 11.3. The van der Waals surface area contributed by atoms with Gasteiger partial charge < -0.3 is 9.84 Å². The van der Waals surface area contributed by atoms with Crippen LogP contribution in [0, 0.1) is 13.8 Å². The summed E-state index contributed by atoms with van der Waals surface area (Å²) >= 11 is 0. The maximum Gasteiger partial charge on any atom is 0.264 e. The van der Waals surface area contributed by atoms with Crippen molar-refractivity contribution in [2.75, 3.05) is 23.1 Å². The van der Waals surface area contributed by atoms with E-state index in [1.807, 2.05) is 0 Å². The Morgan fingerprint density at radius 1 is 0.912 bits per heavy atom. The molecule has 0 spiro atoms. The van der Waals surface area contributed by atoms with E-state index in [2.05, 4.69) is 15.2 Å². The van der Waals surface area contributed by atoms with Crippen LogP contribution in [0.2, 0.25) is 0 Å². The molecule has 2 heterocycles. The van der Waals surface area contributed by atoms with Crippen LogP contribution in [0.1, 0.15) is 34.5 Å². The Hall–Kier alpha value is -3.22. The number of amides is 1. The van der Waals surface area contributed by atoms with E-state index < -0.39 is 26.0 Å². The van der Waals surface area contributed by atoms with Gasteiger partial charge in [-0.15, -0.1) is 0 Å². The molecule has 0 radical (unpaired) electrons. The van der Waals surface area contributed by atoms with Gasteiger partial charge in [0.15, 0.2) is 0 Å².